The van der Waals surface area contributed by atoms with Gasteiger partial charge >= 0.3 is 0 Å². The van der Waals surface area contributed by atoms with E-state index in [0.717, 1.165) is 47.8 Å². The van der Waals surface area contributed by atoms with E-state index >= 15 is 0 Å². The Hall–Kier alpha value is -2.82. The summed E-state index contributed by atoms with van der Waals surface area (Å²) in [4.78, 5) is 24.4. The summed E-state index contributed by atoms with van der Waals surface area (Å²) in [6, 6.07) is 11.8. The van der Waals surface area contributed by atoms with Gasteiger partial charge in [-0.1, -0.05) is 43.7 Å². The smallest absolute Gasteiger partial charge is 0.243 e. The van der Waals surface area contributed by atoms with Gasteiger partial charge in [0.25, 0.3) is 0 Å². The molecule has 2 N–H and O–H groups in total. The lowest BCUT2D eigenvalue weighted by atomic mass is 9.96. The number of amides is 2. The molecule has 0 aliphatic heterocycles. The SMILES string of the molecule is C=CC(=O)NC1(CNC(=O)Cc2cccc3ccc(OC)cc23)CCCC1. The maximum absolute atomic E-state index is 12.6. The van der Waals surface area contributed by atoms with Crippen LogP contribution in [0.2, 0.25) is 0 Å². The van der Waals surface area contributed by atoms with Crippen LogP contribution in [0.4, 0.5) is 0 Å². The molecule has 5 nitrogen and oxygen atoms in total. The van der Waals surface area contributed by atoms with Crippen LogP contribution in [0.15, 0.2) is 49.1 Å². The van der Waals surface area contributed by atoms with Gasteiger partial charge in [0.05, 0.1) is 19.1 Å². The minimum atomic E-state index is -0.358. The van der Waals surface area contributed by atoms with Gasteiger partial charge in [-0.3, -0.25) is 9.59 Å². The average molecular weight is 366 g/mol. The summed E-state index contributed by atoms with van der Waals surface area (Å²) >= 11 is 0. The zero-order chi connectivity index (χ0) is 19.3. The third kappa shape index (κ3) is 4.48. The zero-order valence-corrected chi connectivity index (χ0v) is 15.7. The molecule has 2 amide bonds. The highest BCUT2D eigenvalue weighted by molar-refractivity contribution is 5.91. The molecule has 0 spiro atoms. The van der Waals surface area contributed by atoms with Crippen molar-refractivity contribution >= 4 is 22.6 Å². The molecule has 0 aromatic heterocycles. The number of methoxy groups -OCH3 is 1. The Kier molecular flexibility index (Phi) is 5.79. The standard InChI is InChI=1S/C22H26N2O3/c1-3-20(25)24-22(11-4-5-12-22)15-23-21(26)13-17-8-6-7-16-9-10-18(27-2)14-19(16)17/h3,6-10,14H,1,4-5,11-13,15H2,2H3,(H,23,26)(H,24,25). The highest BCUT2D eigenvalue weighted by Gasteiger charge is 2.35. The molecular formula is C22H26N2O3. The second-order valence-corrected chi connectivity index (χ2v) is 7.14. The largest absolute Gasteiger partial charge is 0.497 e. The number of hydrogen-bond donors (Lipinski definition) is 2. The number of carbonyl (C=O) groups excluding carboxylic acids is 2. The molecule has 0 bridgehead atoms. The van der Waals surface area contributed by atoms with Gasteiger partial charge in [-0.2, -0.15) is 0 Å². The van der Waals surface area contributed by atoms with Crippen molar-refractivity contribution < 1.29 is 14.3 Å². The van der Waals surface area contributed by atoms with Crippen LogP contribution in [0.25, 0.3) is 10.8 Å². The molecule has 1 aliphatic rings. The molecule has 5 heteroatoms. The number of nitrogens with one attached hydrogen (secondary N) is 2. The van der Waals surface area contributed by atoms with Crippen LogP contribution in [-0.2, 0) is 16.0 Å². The monoisotopic (exact) mass is 366 g/mol. The fourth-order valence-corrected chi connectivity index (χ4v) is 3.81. The Morgan fingerprint density at radius 1 is 1.22 bits per heavy atom. The number of rotatable bonds is 7. The topological polar surface area (TPSA) is 67.4 Å². The normalized spacial score (nSPS) is 15.3. The van der Waals surface area contributed by atoms with Crippen molar-refractivity contribution in [1.82, 2.24) is 10.6 Å². The highest BCUT2D eigenvalue weighted by atomic mass is 16.5. The zero-order valence-electron chi connectivity index (χ0n) is 15.7. The summed E-state index contributed by atoms with van der Waals surface area (Å²) in [5.74, 6) is 0.532. The summed E-state index contributed by atoms with van der Waals surface area (Å²) < 4.78 is 5.31. The van der Waals surface area contributed by atoms with E-state index in [0.29, 0.717) is 6.54 Å². The van der Waals surface area contributed by atoms with Crippen LogP contribution in [0.3, 0.4) is 0 Å². The molecule has 1 fully saturated rings. The summed E-state index contributed by atoms with van der Waals surface area (Å²) in [7, 11) is 1.63. The predicted octanol–water partition coefficient (Wildman–Crippen LogP) is 3.12. The van der Waals surface area contributed by atoms with Crippen LogP contribution >= 0.6 is 0 Å². The Labute approximate surface area is 159 Å². The molecular weight excluding hydrogens is 340 g/mol. The van der Waals surface area contributed by atoms with Crippen molar-refractivity contribution in [2.75, 3.05) is 13.7 Å². The molecule has 27 heavy (non-hydrogen) atoms. The van der Waals surface area contributed by atoms with E-state index in [-0.39, 0.29) is 23.8 Å². The maximum Gasteiger partial charge on any atom is 0.243 e. The van der Waals surface area contributed by atoms with Crippen molar-refractivity contribution in [3.05, 3.63) is 54.6 Å². The minimum Gasteiger partial charge on any atom is -0.497 e. The van der Waals surface area contributed by atoms with Gasteiger partial charge in [-0.05, 0) is 47.4 Å². The van der Waals surface area contributed by atoms with Gasteiger partial charge in [0.1, 0.15) is 5.75 Å². The molecule has 2 aromatic carbocycles. The predicted molar refractivity (Wildman–Crippen MR) is 107 cm³/mol. The average Bonchev–Trinajstić information content (AvgIpc) is 3.15. The van der Waals surface area contributed by atoms with E-state index in [1.807, 2.05) is 36.4 Å². The first kappa shape index (κ1) is 19.0. The number of fused-ring (bicyclic) bond motifs is 1. The molecule has 0 heterocycles. The lowest BCUT2D eigenvalue weighted by Crippen LogP contribution is -2.53. The second-order valence-electron chi connectivity index (χ2n) is 7.14. The maximum atomic E-state index is 12.6. The lowest BCUT2D eigenvalue weighted by molar-refractivity contribution is -0.122. The summed E-state index contributed by atoms with van der Waals surface area (Å²) in [5.41, 5.74) is 0.600. The van der Waals surface area contributed by atoms with Crippen LogP contribution in [0.5, 0.6) is 5.75 Å². The van der Waals surface area contributed by atoms with Crippen molar-refractivity contribution in [2.45, 2.75) is 37.6 Å². The molecule has 2 aromatic rings. The van der Waals surface area contributed by atoms with Gasteiger partial charge in [0, 0.05) is 6.54 Å². The van der Waals surface area contributed by atoms with E-state index in [2.05, 4.69) is 17.2 Å². The lowest BCUT2D eigenvalue weighted by Gasteiger charge is -2.30. The summed E-state index contributed by atoms with van der Waals surface area (Å²) in [6.45, 7) is 3.96. The van der Waals surface area contributed by atoms with Crippen LogP contribution in [-0.4, -0.2) is 31.0 Å². The molecule has 0 atom stereocenters. The number of benzene rings is 2. The van der Waals surface area contributed by atoms with Crippen molar-refractivity contribution in [2.24, 2.45) is 0 Å². The molecule has 0 unspecified atom stereocenters. The molecule has 0 radical (unpaired) electrons. The molecule has 1 saturated carbocycles. The van der Waals surface area contributed by atoms with Gasteiger partial charge < -0.3 is 15.4 Å². The molecule has 0 saturated heterocycles. The van der Waals surface area contributed by atoms with E-state index in [1.165, 1.54) is 6.08 Å². The Morgan fingerprint density at radius 3 is 2.70 bits per heavy atom. The number of carbonyl (C=O) groups is 2. The van der Waals surface area contributed by atoms with E-state index < -0.39 is 0 Å². The van der Waals surface area contributed by atoms with Gasteiger partial charge in [-0.25, -0.2) is 0 Å². The first-order chi connectivity index (χ1) is 13.0. The third-order valence-corrected chi connectivity index (χ3v) is 5.29. The first-order valence-corrected chi connectivity index (χ1v) is 9.32. The Bertz CT molecular complexity index is 854. The number of hydrogen-bond acceptors (Lipinski definition) is 3. The van der Waals surface area contributed by atoms with Crippen molar-refractivity contribution in [1.29, 1.82) is 0 Å². The molecule has 142 valence electrons. The van der Waals surface area contributed by atoms with E-state index in [9.17, 15) is 9.59 Å². The quantitative estimate of drug-likeness (QED) is 0.740. The first-order valence-electron chi connectivity index (χ1n) is 9.32. The Morgan fingerprint density at radius 2 is 2.00 bits per heavy atom. The van der Waals surface area contributed by atoms with E-state index in [1.54, 1.807) is 7.11 Å². The fourth-order valence-electron chi connectivity index (χ4n) is 3.81. The fraction of sp³-hybridized carbons (Fsp3) is 0.364. The minimum absolute atomic E-state index is 0.0514. The van der Waals surface area contributed by atoms with Gasteiger partial charge in [-0.15, -0.1) is 0 Å². The van der Waals surface area contributed by atoms with Crippen LogP contribution < -0.4 is 15.4 Å². The number of ether oxygens (including phenoxy) is 1. The van der Waals surface area contributed by atoms with Crippen molar-refractivity contribution in [3.8, 4) is 5.75 Å². The van der Waals surface area contributed by atoms with Crippen LogP contribution in [0.1, 0.15) is 31.2 Å². The van der Waals surface area contributed by atoms with Gasteiger partial charge in [0.2, 0.25) is 11.8 Å². The van der Waals surface area contributed by atoms with E-state index in [4.69, 9.17) is 4.74 Å². The van der Waals surface area contributed by atoms with Gasteiger partial charge in [0.15, 0.2) is 0 Å². The third-order valence-electron chi connectivity index (χ3n) is 5.29. The molecule has 1 aliphatic carbocycles. The highest BCUT2D eigenvalue weighted by Crippen LogP contribution is 2.29. The Balaban J connectivity index is 1.69. The van der Waals surface area contributed by atoms with Crippen molar-refractivity contribution in [3.63, 3.8) is 0 Å². The summed E-state index contributed by atoms with van der Waals surface area (Å²) in [5, 5.41) is 8.13. The summed E-state index contributed by atoms with van der Waals surface area (Å²) in [6.07, 6.45) is 5.42. The molecule has 3 rings (SSSR count). The van der Waals surface area contributed by atoms with Crippen LogP contribution in [0, 0.1) is 0 Å². The second kappa shape index (κ2) is 8.25.